The van der Waals surface area contributed by atoms with E-state index in [2.05, 4.69) is 36.7 Å². The van der Waals surface area contributed by atoms with Gasteiger partial charge in [-0.2, -0.15) is 0 Å². The molecule has 90 valence electrons. The highest BCUT2D eigenvalue weighted by Gasteiger charge is 2.25. The summed E-state index contributed by atoms with van der Waals surface area (Å²) in [5, 5.41) is 1.04. The Kier molecular flexibility index (Phi) is 6.17. The van der Waals surface area contributed by atoms with Crippen molar-refractivity contribution in [2.45, 2.75) is 58.3 Å². The van der Waals surface area contributed by atoms with Gasteiger partial charge in [0.1, 0.15) is 0 Å². The molecule has 0 spiro atoms. The van der Waals surface area contributed by atoms with Gasteiger partial charge in [-0.05, 0) is 32.6 Å². The highest BCUT2D eigenvalue weighted by molar-refractivity contribution is 9.09. The topological polar surface area (TPSA) is 18.5 Å². The molecule has 0 aromatic rings. The average molecular weight is 279 g/mol. The fourth-order valence-electron chi connectivity index (χ4n) is 2.02. The number of rotatable bonds is 5. The summed E-state index contributed by atoms with van der Waals surface area (Å²) in [5.74, 6) is 0.651. The Morgan fingerprint density at radius 2 is 1.93 bits per heavy atom. The summed E-state index contributed by atoms with van der Waals surface area (Å²) >= 11 is 3.52. The largest absolute Gasteiger partial charge is 0.378 e. The van der Waals surface area contributed by atoms with Crippen LogP contribution in [0.1, 0.15) is 40.0 Å². The molecule has 3 unspecified atom stereocenters. The van der Waals surface area contributed by atoms with Crippen molar-refractivity contribution < 1.29 is 9.47 Å². The van der Waals surface area contributed by atoms with Gasteiger partial charge in [-0.3, -0.25) is 0 Å². The van der Waals surface area contributed by atoms with E-state index in [4.69, 9.17) is 9.47 Å². The van der Waals surface area contributed by atoms with Gasteiger partial charge >= 0.3 is 0 Å². The zero-order valence-corrected chi connectivity index (χ0v) is 11.6. The van der Waals surface area contributed by atoms with E-state index in [9.17, 15) is 0 Å². The first kappa shape index (κ1) is 13.5. The van der Waals surface area contributed by atoms with E-state index in [0.29, 0.717) is 24.2 Å². The summed E-state index contributed by atoms with van der Waals surface area (Å²) in [6.45, 7) is 7.36. The summed E-state index contributed by atoms with van der Waals surface area (Å²) in [6.07, 6.45) is 4.37. The van der Waals surface area contributed by atoms with Crippen LogP contribution in [-0.2, 0) is 9.47 Å². The Morgan fingerprint density at radius 3 is 2.40 bits per heavy atom. The molecule has 0 saturated carbocycles. The molecule has 0 N–H and O–H groups in total. The predicted molar refractivity (Wildman–Crippen MR) is 66.6 cm³/mol. The van der Waals surface area contributed by atoms with Crippen LogP contribution in [0.5, 0.6) is 0 Å². The van der Waals surface area contributed by atoms with Gasteiger partial charge in [0.2, 0.25) is 0 Å². The van der Waals surface area contributed by atoms with Crippen LogP contribution in [0.2, 0.25) is 0 Å². The lowest BCUT2D eigenvalue weighted by atomic mass is 10.0. The molecule has 2 nitrogen and oxygen atoms in total. The monoisotopic (exact) mass is 278 g/mol. The Labute approximate surface area is 102 Å². The van der Waals surface area contributed by atoms with Crippen LogP contribution in [0.15, 0.2) is 0 Å². The van der Waals surface area contributed by atoms with Crippen LogP contribution >= 0.6 is 15.9 Å². The van der Waals surface area contributed by atoms with Crippen LogP contribution in [0.3, 0.4) is 0 Å². The zero-order valence-electron chi connectivity index (χ0n) is 10.0. The molecule has 1 saturated heterocycles. The summed E-state index contributed by atoms with van der Waals surface area (Å²) in [4.78, 5) is 0. The van der Waals surface area contributed by atoms with Crippen molar-refractivity contribution in [1.82, 2.24) is 0 Å². The first-order valence-corrected chi connectivity index (χ1v) is 7.10. The third-order valence-corrected chi connectivity index (χ3v) is 3.93. The van der Waals surface area contributed by atoms with Gasteiger partial charge in [0, 0.05) is 5.33 Å². The van der Waals surface area contributed by atoms with Gasteiger partial charge < -0.3 is 9.47 Å². The molecule has 1 aliphatic heterocycles. The first-order valence-electron chi connectivity index (χ1n) is 5.98. The zero-order chi connectivity index (χ0) is 11.3. The minimum Gasteiger partial charge on any atom is -0.378 e. The summed E-state index contributed by atoms with van der Waals surface area (Å²) < 4.78 is 11.6. The van der Waals surface area contributed by atoms with Gasteiger partial charge in [-0.25, -0.2) is 0 Å². The number of halogens is 1. The third kappa shape index (κ3) is 4.83. The molecule has 3 atom stereocenters. The van der Waals surface area contributed by atoms with Crippen molar-refractivity contribution in [3.8, 4) is 0 Å². The van der Waals surface area contributed by atoms with Crippen LogP contribution in [0.25, 0.3) is 0 Å². The van der Waals surface area contributed by atoms with Crippen molar-refractivity contribution >= 4 is 15.9 Å². The van der Waals surface area contributed by atoms with Gasteiger partial charge in [-0.1, -0.05) is 29.3 Å². The molecular weight excluding hydrogens is 256 g/mol. The Morgan fingerprint density at radius 1 is 1.33 bits per heavy atom. The standard InChI is InChI=1S/C12H23BrO2/c1-4-11(7-13)8-14-12-5-9(2)15-10(3)6-12/h9-12H,4-8H2,1-3H3. The van der Waals surface area contributed by atoms with Crippen molar-refractivity contribution in [3.63, 3.8) is 0 Å². The van der Waals surface area contributed by atoms with E-state index in [-0.39, 0.29) is 0 Å². The quantitative estimate of drug-likeness (QED) is 0.718. The number of alkyl halides is 1. The molecule has 0 radical (unpaired) electrons. The molecular formula is C12H23BrO2. The van der Waals surface area contributed by atoms with E-state index in [0.717, 1.165) is 24.8 Å². The second-order valence-corrected chi connectivity index (χ2v) is 5.26. The van der Waals surface area contributed by atoms with Crippen molar-refractivity contribution in [3.05, 3.63) is 0 Å². The normalized spacial score (nSPS) is 34.0. The molecule has 1 heterocycles. The number of hydrogen-bond donors (Lipinski definition) is 0. The van der Waals surface area contributed by atoms with E-state index >= 15 is 0 Å². The molecule has 0 bridgehead atoms. The third-order valence-electron chi connectivity index (χ3n) is 3.02. The fourth-order valence-corrected chi connectivity index (χ4v) is 2.67. The van der Waals surface area contributed by atoms with Crippen LogP contribution in [-0.4, -0.2) is 30.2 Å². The van der Waals surface area contributed by atoms with Crippen LogP contribution in [0, 0.1) is 5.92 Å². The molecule has 0 amide bonds. The fraction of sp³-hybridized carbons (Fsp3) is 1.00. The van der Waals surface area contributed by atoms with E-state index < -0.39 is 0 Å². The Hall–Kier alpha value is 0.400. The highest BCUT2D eigenvalue weighted by atomic mass is 79.9. The lowest BCUT2D eigenvalue weighted by Crippen LogP contribution is -2.35. The minimum atomic E-state index is 0.350. The molecule has 0 aromatic carbocycles. The van der Waals surface area contributed by atoms with E-state index in [1.807, 2.05) is 0 Å². The first-order chi connectivity index (χ1) is 7.15. The van der Waals surface area contributed by atoms with Crippen molar-refractivity contribution in [2.75, 3.05) is 11.9 Å². The summed E-state index contributed by atoms with van der Waals surface area (Å²) in [7, 11) is 0. The maximum absolute atomic E-state index is 5.96. The number of hydrogen-bond acceptors (Lipinski definition) is 2. The SMILES string of the molecule is CCC(CBr)COC1CC(C)OC(C)C1. The van der Waals surface area contributed by atoms with Gasteiger partial charge in [-0.15, -0.1) is 0 Å². The second kappa shape index (κ2) is 6.87. The molecule has 15 heavy (non-hydrogen) atoms. The average Bonchev–Trinajstić information content (AvgIpc) is 2.18. The van der Waals surface area contributed by atoms with E-state index in [1.165, 1.54) is 6.42 Å². The lowest BCUT2D eigenvalue weighted by Gasteiger charge is -2.32. The van der Waals surface area contributed by atoms with Crippen molar-refractivity contribution in [1.29, 1.82) is 0 Å². The summed E-state index contributed by atoms with van der Waals surface area (Å²) in [6, 6.07) is 0. The molecule has 0 aliphatic carbocycles. The maximum atomic E-state index is 5.96. The lowest BCUT2D eigenvalue weighted by molar-refractivity contribution is -0.106. The van der Waals surface area contributed by atoms with Gasteiger partial charge in [0.25, 0.3) is 0 Å². The van der Waals surface area contributed by atoms with Gasteiger partial charge in [0.05, 0.1) is 24.9 Å². The highest BCUT2D eigenvalue weighted by Crippen LogP contribution is 2.22. The predicted octanol–water partition coefficient (Wildman–Crippen LogP) is 3.38. The van der Waals surface area contributed by atoms with Crippen LogP contribution in [0.4, 0.5) is 0 Å². The molecule has 1 rings (SSSR count). The molecule has 1 fully saturated rings. The second-order valence-electron chi connectivity index (χ2n) is 4.61. The summed E-state index contributed by atoms with van der Waals surface area (Å²) in [5.41, 5.74) is 0. The number of ether oxygens (including phenoxy) is 2. The smallest absolute Gasteiger partial charge is 0.0624 e. The van der Waals surface area contributed by atoms with Crippen molar-refractivity contribution in [2.24, 2.45) is 5.92 Å². The molecule has 3 heteroatoms. The Balaban J connectivity index is 2.25. The minimum absolute atomic E-state index is 0.350. The molecule has 1 aliphatic rings. The molecule has 0 aromatic heterocycles. The maximum Gasteiger partial charge on any atom is 0.0624 e. The van der Waals surface area contributed by atoms with E-state index in [1.54, 1.807) is 0 Å². The van der Waals surface area contributed by atoms with Gasteiger partial charge in [0.15, 0.2) is 0 Å². The van der Waals surface area contributed by atoms with Crippen LogP contribution < -0.4 is 0 Å². The Bertz CT molecular complexity index is 161.